The van der Waals surface area contributed by atoms with Crippen molar-refractivity contribution in [2.75, 3.05) is 7.11 Å². The standard InChI is InChI=1S/C31H46.C29H26O/c1-5-7-9-11-13-15-21-31(22-16-14-12-10-8-6-2)29-23-25(3)17-19-27(29)28-20-18-26(4)24-30(28)31;1-19-5-9-22(10-6-19)29(23-11-13-24(30-4)14-12-23)27-17-20(2)7-15-25(27)26-16-8-21(3)18-28(26)29/h17-20,23-24H,5-16,21-22H2,1-4H3;5-18H,1-4H3. The van der Waals surface area contributed by atoms with Crippen LogP contribution in [0.15, 0.2) is 121 Å². The highest BCUT2D eigenvalue weighted by molar-refractivity contribution is 5.87. The van der Waals surface area contributed by atoms with E-state index in [9.17, 15) is 0 Å². The smallest absolute Gasteiger partial charge is 0.118 e. The van der Waals surface area contributed by atoms with Gasteiger partial charge < -0.3 is 4.74 Å². The molecule has 1 heteroatoms. The van der Waals surface area contributed by atoms with Crippen LogP contribution >= 0.6 is 0 Å². The van der Waals surface area contributed by atoms with Crippen LogP contribution < -0.4 is 4.74 Å². The maximum atomic E-state index is 5.46. The molecule has 6 aromatic rings. The van der Waals surface area contributed by atoms with Gasteiger partial charge in [-0.25, -0.2) is 0 Å². The second-order valence-electron chi connectivity index (χ2n) is 18.7. The van der Waals surface area contributed by atoms with Crippen LogP contribution in [-0.2, 0) is 10.8 Å². The quantitative estimate of drug-likeness (QED) is 0.0833. The van der Waals surface area contributed by atoms with Crippen molar-refractivity contribution >= 4 is 0 Å². The zero-order valence-corrected chi connectivity index (χ0v) is 38.9. The summed E-state index contributed by atoms with van der Waals surface area (Å²) in [6, 6.07) is 45.9. The molecule has 0 saturated carbocycles. The molecule has 61 heavy (non-hydrogen) atoms. The number of hydrogen-bond donors (Lipinski definition) is 0. The summed E-state index contributed by atoms with van der Waals surface area (Å²) in [5, 5.41) is 0. The van der Waals surface area contributed by atoms with Crippen LogP contribution in [0.5, 0.6) is 5.75 Å². The van der Waals surface area contributed by atoms with Crippen molar-refractivity contribution in [2.45, 2.75) is 149 Å². The van der Waals surface area contributed by atoms with E-state index < -0.39 is 0 Å². The van der Waals surface area contributed by atoms with E-state index >= 15 is 0 Å². The van der Waals surface area contributed by atoms with E-state index in [-0.39, 0.29) is 10.8 Å². The minimum atomic E-state index is -0.345. The summed E-state index contributed by atoms with van der Waals surface area (Å²) in [5.74, 6) is 0.879. The highest BCUT2D eigenvalue weighted by Gasteiger charge is 2.46. The van der Waals surface area contributed by atoms with Crippen LogP contribution in [-0.4, -0.2) is 7.11 Å². The number of benzene rings is 6. The summed E-state index contributed by atoms with van der Waals surface area (Å²) in [4.78, 5) is 0. The fraction of sp³-hybridized carbons (Fsp3) is 0.400. The zero-order chi connectivity index (χ0) is 43.0. The third-order valence-electron chi connectivity index (χ3n) is 14.0. The van der Waals surface area contributed by atoms with Crippen molar-refractivity contribution in [1.29, 1.82) is 0 Å². The first-order valence-electron chi connectivity index (χ1n) is 23.8. The Bertz CT molecular complexity index is 2250. The Morgan fingerprint density at radius 3 is 1.08 bits per heavy atom. The van der Waals surface area contributed by atoms with Crippen molar-refractivity contribution in [3.63, 3.8) is 0 Å². The zero-order valence-electron chi connectivity index (χ0n) is 38.9. The number of unbranched alkanes of at least 4 members (excludes halogenated alkanes) is 10. The van der Waals surface area contributed by atoms with E-state index in [4.69, 9.17) is 4.74 Å². The SMILES string of the molecule is CCCCCCCCC1(CCCCCCCC)c2cc(C)ccc2-c2ccc(C)cc21.COc1ccc(C2(c3ccc(C)cc3)c3cc(C)ccc3-c3ccc(C)cc32)cc1. The van der Waals surface area contributed by atoms with Gasteiger partial charge in [-0.1, -0.05) is 228 Å². The van der Waals surface area contributed by atoms with Gasteiger partial charge in [-0.2, -0.15) is 0 Å². The molecule has 0 aliphatic heterocycles. The molecule has 0 amide bonds. The van der Waals surface area contributed by atoms with Gasteiger partial charge in [0.2, 0.25) is 0 Å². The molecule has 0 spiro atoms. The van der Waals surface area contributed by atoms with Gasteiger partial charge >= 0.3 is 0 Å². The molecule has 2 aliphatic rings. The Hall–Kier alpha value is -4.88. The first-order valence-corrected chi connectivity index (χ1v) is 23.8. The fourth-order valence-corrected chi connectivity index (χ4v) is 10.8. The van der Waals surface area contributed by atoms with Crippen LogP contribution in [0.4, 0.5) is 0 Å². The molecule has 8 rings (SSSR count). The van der Waals surface area contributed by atoms with Crippen LogP contribution in [0.1, 0.15) is 165 Å². The molecule has 0 N–H and O–H groups in total. The lowest BCUT2D eigenvalue weighted by Crippen LogP contribution is -2.28. The third kappa shape index (κ3) is 9.05. The number of hydrogen-bond acceptors (Lipinski definition) is 1. The van der Waals surface area contributed by atoms with E-state index in [0.29, 0.717) is 0 Å². The van der Waals surface area contributed by atoms with Crippen LogP contribution in [0.2, 0.25) is 0 Å². The van der Waals surface area contributed by atoms with E-state index in [1.165, 1.54) is 162 Å². The van der Waals surface area contributed by atoms with E-state index in [2.05, 4.69) is 170 Å². The summed E-state index contributed by atoms with van der Waals surface area (Å²) >= 11 is 0. The highest BCUT2D eigenvalue weighted by atomic mass is 16.5. The van der Waals surface area contributed by atoms with Gasteiger partial charge in [-0.05, 0) is 115 Å². The lowest BCUT2D eigenvalue weighted by Gasteiger charge is -2.34. The van der Waals surface area contributed by atoms with Gasteiger partial charge in [0.05, 0.1) is 12.5 Å². The highest BCUT2D eigenvalue weighted by Crippen LogP contribution is 2.57. The molecule has 0 saturated heterocycles. The Morgan fingerprint density at radius 1 is 0.361 bits per heavy atom. The van der Waals surface area contributed by atoms with Crippen molar-refractivity contribution < 1.29 is 4.74 Å². The number of fused-ring (bicyclic) bond motifs is 6. The van der Waals surface area contributed by atoms with Crippen molar-refractivity contribution in [1.82, 2.24) is 0 Å². The second-order valence-corrected chi connectivity index (χ2v) is 18.7. The minimum Gasteiger partial charge on any atom is -0.497 e. The van der Waals surface area contributed by atoms with Gasteiger partial charge in [0, 0.05) is 5.41 Å². The number of methoxy groups -OCH3 is 1. The maximum absolute atomic E-state index is 5.46. The molecule has 0 radical (unpaired) electrons. The average molecular weight is 809 g/mol. The van der Waals surface area contributed by atoms with Gasteiger partial charge in [-0.3, -0.25) is 0 Å². The summed E-state index contributed by atoms with van der Waals surface area (Å²) in [5.41, 5.74) is 20.8. The maximum Gasteiger partial charge on any atom is 0.118 e. The lowest BCUT2D eigenvalue weighted by molar-refractivity contribution is 0.397. The van der Waals surface area contributed by atoms with Gasteiger partial charge in [0.25, 0.3) is 0 Å². The van der Waals surface area contributed by atoms with Crippen molar-refractivity contribution in [3.8, 4) is 28.0 Å². The predicted molar refractivity (Wildman–Crippen MR) is 263 cm³/mol. The monoisotopic (exact) mass is 809 g/mol. The molecular formula is C60H72O. The predicted octanol–water partition coefficient (Wildman–Crippen LogP) is 17.1. The third-order valence-corrected chi connectivity index (χ3v) is 14.0. The topological polar surface area (TPSA) is 9.23 Å². The normalized spacial score (nSPS) is 13.8. The fourth-order valence-electron chi connectivity index (χ4n) is 10.8. The largest absolute Gasteiger partial charge is 0.497 e. The number of aryl methyl sites for hydroxylation is 5. The van der Waals surface area contributed by atoms with Gasteiger partial charge in [0.1, 0.15) is 5.75 Å². The molecule has 0 atom stereocenters. The lowest BCUT2D eigenvalue weighted by atomic mass is 9.67. The van der Waals surface area contributed by atoms with Gasteiger partial charge in [-0.15, -0.1) is 0 Å². The Morgan fingerprint density at radius 2 is 0.689 bits per heavy atom. The summed E-state index contributed by atoms with van der Waals surface area (Å²) in [6.07, 6.45) is 19.2. The Kier molecular flexibility index (Phi) is 14.4. The van der Waals surface area contributed by atoms with Crippen LogP contribution in [0, 0.1) is 34.6 Å². The van der Waals surface area contributed by atoms with Crippen LogP contribution in [0.25, 0.3) is 22.3 Å². The summed E-state index contributed by atoms with van der Waals surface area (Å²) in [7, 11) is 1.72. The van der Waals surface area contributed by atoms with Crippen molar-refractivity contribution in [2.24, 2.45) is 0 Å². The van der Waals surface area contributed by atoms with E-state index in [0.717, 1.165) is 5.75 Å². The average Bonchev–Trinajstić information content (AvgIpc) is 3.69. The molecule has 0 heterocycles. The molecule has 1 nitrogen and oxygen atoms in total. The van der Waals surface area contributed by atoms with E-state index in [1.54, 1.807) is 18.2 Å². The number of ether oxygens (including phenoxy) is 1. The molecule has 6 aromatic carbocycles. The number of rotatable bonds is 17. The molecule has 2 aliphatic carbocycles. The first-order chi connectivity index (χ1) is 29.7. The first kappa shape index (κ1) is 44.2. The molecule has 0 bridgehead atoms. The molecule has 0 unspecified atom stereocenters. The van der Waals surface area contributed by atoms with Gasteiger partial charge in [0.15, 0.2) is 0 Å². The summed E-state index contributed by atoms with van der Waals surface area (Å²) in [6.45, 7) is 15.7. The molecule has 318 valence electrons. The van der Waals surface area contributed by atoms with Crippen LogP contribution in [0.3, 0.4) is 0 Å². The minimum absolute atomic E-state index is 0.234. The molecule has 0 fully saturated rings. The second kappa shape index (κ2) is 19.9. The molecular weight excluding hydrogens is 737 g/mol. The summed E-state index contributed by atoms with van der Waals surface area (Å²) < 4.78 is 5.46. The Balaban J connectivity index is 0.000000184. The van der Waals surface area contributed by atoms with E-state index in [1.807, 2.05) is 0 Å². The molecule has 0 aromatic heterocycles. The van der Waals surface area contributed by atoms with Crippen molar-refractivity contribution in [3.05, 3.63) is 183 Å². The Labute approximate surface area is 370 Å².